The van der Waals surface area contributed by atoms with Gasteiger partial charge in [0.05, 0.1) is 27.8 Å². The third-order valence-corrected chi connectivity index (χ3v) is 12.4. The molecule has 4 saturated heterocycles. The molecule has 0 aliphatic carbocycles. The van der Waals surface area contributed by atoms with Crippen molar-refractivity contribution in [2.45, 2.75) is 70.2 Å². The van der Waals surface area contributed by atoms with Gasteiger partial charge >= 0.3 is 0 Å². The Morgan fingerprint density at radius 1 is 0.895 bits per heavy atom. The summed E-state index contributed by atoms with van der Waals surface area (Å²) >= 11 is 6.20. The van der Waals surface area contributed by atoms with Crippen molar-refractivity contribution in [3.05, 3.63) is 87.9 Å². The van der Waals surface area contributed by atoms with E-state index in [2.05, 4.69) is 45.1 Å². The van der Waals surface area contributed by atoms with E-state index < -0.39 is 29.7 Å². The van der Waals surface area contributed by atoms with Crippen molar-refractivity contribution in [3.8, 4) is 11.8 Å². The second-order valence-electron chi connectivity index (χ2n) is 16.0. The lowest BCUT2D eigenvalue weighted by molar-refractivity contribution is -0.136. The van der Waals surface area contributed by atoms with E-state index in [1.54, 1.807) is 30.3 Å². The zero-order valence-electron chi connectivity index (χ0n) is 32.2. The summed E-state index contributed by atoms with van der Waals surface area (Å²) in [6.07, 6.45) is 2.63. The number of benzene rings is 3. The fourth-order valence-corrected chi connectivity index (χ4v) is 9.27. The number of nitrogens with zero attached hydrogens (tertiary/aromatic N) is 6. The van der Waals surface area contributed by atoms with E-state index in [4.69, 9.17) is 21.6 Å². The predicted molar refractivity (Wildman–Crippen MR) is 213 cm³/mol. The summed E-state index contributed by atoms with van der Waals surface area (Å²) in [6.45, 7) is 10.4. The van der Waals surface area contributed by atoms with Crippen LogP contribution >= 0.6 is 11.6 Å². The first-order valence-electron chi connectivity index (χ1n) is 19.8. The fourth-order valence-electron chi connectivity index (χ4n) is 9.06. The number of rotatable bonds is 10. The van der Waals surface area contributed by atoms with Gasteiger partial charge in [0.1, 0.15) is 17.9 Å². The van der Waals surface area contributed by atoms with Crippen molar-refractivity contribution in [1.29, 1.82) is 5.26 Å². The van der Waals surface area contributed by atoms with Crippen molar-refractivity contribution in [3.63, 3.8) is 0 Å². The highest BCUT2D eigenvalue weighted by molar-refractivity contribution is 6.31. The summed E-state index contributed by atoms with van der Waals surface area (Å²) < 4.78 is 6.13. The molecule has 4 unspecified atom stereocenters. The molecule has 4 atom stereocenters. The van der Waals surface area contributed by atoms with E-state index in [9.17, 15) is 24.0 Å². The lowest BCUT2D eigenvalue weighted by atomic mass is 9.97. The number of piperidine rings is 1. The quantitative estimate of drug-likeness (QED) is 0.286. The van der Waals surface area contributed by atoms with Crippen LogP contribution in [0, 0.1) is 17.2 Å². The predicted octanol–water partition coefficient (Wildman–Crippen LogP) is 4.72. The van der Waals surface area contributed by atoms with Crippen LogP contribution in [0.5, 0.6) is 5.75 Å². The molecule has 0 saturated carbocycles. The first kappa shape index (κ1) is 38.4. The molecule has 4 fully saturated rings. The Bertz CT molecular complexity index is 2140. The molecule has 5 amide bonds. The maximum Gasteiger partial charge on any atom is 0.262 e. The van der Waals surface area contributed by atoms with Crippen molar-refractivity contribution >= 4 is 52.5 Å². The number of ether oxygens (including phenoxy) is 1. The number of amides is 5. The van der Waals surface area contributed by atoms with Crippen LogP contribution < -0.4 is 19.9 Å². The van der Waals surface area contributed by atoms with E-state index >= 15 is 0 Å². The van der Waals surface area contributed by atoms with Crippen LogP contribution in [0.1, 0.15) is 82.6 Å². The Morgan fingerprint density at radius 2 is 1.61 bits per heavy atom. The number of piperazine rings is 1. The minimum Gasteiger partial charge on any atom is -0.491 e. The van der Waals surface area contributed by atoms with Gasteiger partial charge in [0.15, 0.2) is 0 Å². The van der Waals surface area contributed by atoms with Crippen LogP contribution in [0.4, 0.5) is 11.4 Å². The molecule has 0 aromatic heterocycles. The second-order valence-corrected chi connectivity index (χ2v) is 16.4. The summed E-state index contributed by atoms with van der Waals surface area (Å²) in [7, 11) is 0. The lowest BCUT2D eigenvalue weighted by Crippen LogP contribution is -2.55. The van der Waals surface area contributed by atoms with E-state index in [1.165, 1.54) is 0 Å². The first-order valence-corrected chi connectivity index (χ1v) is 20.2. The van der Waals surface area contributed by atoms with Gasteiger partial charge < -0.3 is 19.4 Å². The van der Waals surface area contributed by atoms with Crippen LogP contribution in [0.15, 0.2) is 60.7 Å². The molecule has 3 aromatic rings. The third kappa shape index (κ3) is 7.68. The summed E-state index contributed by atoms with van der Waals surface area (Å²) in [6, 6.07) is 19.7. The van der Waals surface area contributed by atoms with Crippen LogP contribution in [0.25, 0.3) is 0 Å². The number of likely N-dealkylation sites (tertiary alicyclic amines) is 1. The highest BCUT2D eigenvalue weighted by Gasteiger charge is 2.45. The van der Waals surface area contributed by atoms with Gasteiger partial charge in [-0.2, -0.15) is 5.26 Å². The Hall–Kier alpha value is -5.45. The average molecular weight is 792 g/mol. The SMILES string of the molecule is CC(CC1CCC(C)N1C(=O)c1ccc(N2CCN(CC3CN(c4ccc5c(c4)C(=O)N(C4CCC(=O)NC4=O)C5=O)C3)CC2)cc1)Oc1ccc(C#N)c(Cl)c1. The first-order chi connectivity index (χ1) is 27.5. The Balaban J connectivity index is 0.796. The zero-order chi connectivity index (χ0) is 40.0. The Morgan fingerprint density at radius 3 is 2.32 bits per heavy atom. The number of nitriles is 1. The molecule has 5 heterocycles. The number of hydrogen-bond donors (Lipinski definition) is 1. The van der Waals surface area contributed by atoms with Gasteiger partial charge in [-0.15, -0.1) is 0 Å². The number of anilines is 2. The molecule has 0 radical (unpaired) electrons. The number of imide groups is 2. The summed E-state index contributed by atoms with van der Waals surface area (Å²) in [5.41, 5.74) is 3.67. The molecular formula is C43H46ClN7O6. The van der Waals surface area contributed by atoms with Gasteiger partial charge in [0, 0.05) is 99.7 Å². The molecule has 0 bridgehead atoms. The topological polar surface area (TPSA) is 147 Å². The molecule has 3 aromatic carbocycles. The molecule has 14 heteroatoms. The number of fused-ring (bicyclic) bond motifs is 1. The molecular weight excluding hydrogens is 746 g/mol. The number of nitrogens with one attached hydrogen (secondary N) is 1. The number of hydrogen-bond acceptors (Lipinski definition) is 10. The van der Waals surface area contributed by atoms with Gasteiger partial charge in [-0.05, 0) is 87.7 Å². The van der Waals surface area contributed by atoms with Crippen molar-refractivity contribution in [2.24, 2.45) is 5.92 Å². The average Bonchev–Trinajstić information content (AvgIpc) is 3.66. The smallest absolute Gasteiger partial charge is 0.262 e. The van der Waals surface area contributed by atoms with Crippen LogP contribution in [-0.2, 0) is 9.59 Å². The van der Waals surface area contributed by atoms with Crippen molar-refractivity contribution in [1.82, 2.24) is 20.0 Å². The molecule has 5 aliphatic heterocycles. The number of carbonyl (C=O) groups is 5. The highest BCUT2D eigenvalue weighted by atomic mass is 35.5. The van der Waals surface area contributed by atoms with Gasteiger partial charge in [-0.3, -0.25) is 39.1 Å². The Labute approximate surface area is 337 Å². The Kier molecular flexibility index (Phi) is 10.7. The van der Waals surface area contributed by atoms with Crippen molar-refractivity contribution < 1.29 is 28.7 Å². The van der Waals surface area contributed by atoms with Crippen LogP contribution in [0.3, 0.4) is 0 Å². The maximum atomic E-state index is 13.8. The fraction of sp³-hybridized carbons (Fsp3) is 0.442. The van der Waals surface area contributed by atoms with Gasteiger partial charge in [0.25, 0.3) is 17.7 Å². The second kappa shape index (κ2) is 15.8. The monoisotopic (exact) mass is 791 g/mol. The molecule has 57 heavy (non-hydrogen) atoms. The standard InChI is InChI=1S/C43H46ClN7O6/c1-26-3-7-33(19-27(2)57-34-11-6-30(22-45)37(44)21-34)50(26)41(54)29-4-8-31(9-5-29)48-17-15-47(16-18-48)23-28-24-49(25-28)32-10-12-35-36(20-32)43(56)51(42(35)55)38-13-14-39(52)46-40(38)53/h4-6,8-12,20-21,26-28,33,38H,3,7,13-19,23-25H2,1-2H3,(H,46,52,53). The van der Waals surface area contributed by atoms with E-state index in [-0.39, 0.29) is 36.9 Å². The minimum atomic E-state index is -0.973. The molecule has 8 rings (SSSR count). The number of carbonyl (C=O) groups excluding carboxylic acids is 5. The largest absolute Gasteiger partial charge is 0.491 e. The summed E-state index contributed by atoms with van der Waals surface area (Å²) in [4.78, 5) is 74.3. The van der Waals surface area contributed by atoms with Crippen molar-refractivity contribution in [2.75, 3.05) is 55.6 Å². The summed E-state index contributed by atoms with van der Waals surface area (Å²) in [5.74, 6) is -0.857. The summed E-state index contributed by atoms with van der Waals surface area (Å²) in [5, 5.41) is 11.8. The highest BCUT2D eigenvalue weighted by Crippen LogP contribution is 2.34. The molecule has 13 nitrogen and oxygen atoms in total. The van der Waals surface area contributed by atoms with E-state index in [0.717, 1.165) is 74.9 Å². The van der Waals surface area contributed by atoms with Gasteiger partial charge in [-0.25, -0.2) is 0 Å². The van der Waals surface area contributed by atoms with Gasteiger partial charge in [-0.1, -0.05) is 11.6 Å². The van der Waals surface area contributed by atoms with E-state index in [0.29, 0.717) is 45.4 Å². The molecule has 1 N–H and O–H groups in total. The normalized spacial score (nSPS) is 23.3. The van der Waals surface area contributed by atoms with Gasteiger partial charge in [0.2, 0.25) is 11.8 Å². The van der Waals surface area contributed by atoms with Crippen LogP contribution in [0.2, 0.25) is 5.02 Å². The third-order valence-electron chi connectivity index (χ3n) is 12.1. The molecule has 5 aliphatic rings. The van der Waals surface area contributed by atoms with Crippen LogP contribution in [-0.4, -0.2) is 114 Å². The lowest BCUT2D eigenvalue weighted by Gasteiger charge is -2.45. The zero-order valence-corrected chi connectivity index (χ0v) is 32.9. The molecule has 0 spiro atoms. The number of halogens is 1. The minimum absolute atomic E-state index is 0.0405. The molecule has 296 valence electrons. The maximum absolute atomic E-state index is 13.8. The van der Waals surface area contributed by atoms with E-state index in [1.807, 2.05) is 30.0 Å².